The number of carboxylic acid groups (broad SMARTS) is 1. The van der Waals surface area contributed by atoms with Gasteiger partial charge in [0.2, 0.25) is 0 Å². The number of anilines is 1. The Morgan fingerprint density at radius 3 is 2.83 bits per heavy atom. The minimum atomic E-state index is -1.10. The second kappa shape index (κ2) is 6.73. The van der Waals surface area contributed by atoms with Crippen LogP contribution in [0.5, 0.6) is 0 Å². The summed E-state index contributed by atoms with van der Waals surface area (Å²) in [6.45, 7) is 2.40. The lowest BCUT2D eigenvalue weighted by atomic mass is 10.3. The number of hydrogen-bond donors (Lipinski definition) is 1. The van der Waals surface area contributed by atoms with Crippen LogP contribution in [0.1, 0.15) is 5.76 Å². The van der Waals surface area contributed by atoms with Crippen LogP contribution in [0.15, 0.2) is 21.5 Å². The minimum Gasteiger partial charge on any atom is -0.480 e. The summed E-state index contributed by atoms with van der Waals surface area (Å²) >= 11 is 6.12. The number of ether oxygens (including phenoxy) is 1. The fourth-order valence-electron chi connectivity index (χ4n) is 2.27. The maximum absolute atomic E-state index is 12.2. The number of thiocarbonyl (C=S) groups is 1. The van der Waals surface area contributed by atoms with Crippen LogP contribution in [0.2, 0.25) is 0 Å². The Kier molecular flexibility index (Phi) is 4.69. The van der Waals surface area contributed by atoms with Gasteiger partial charge in [0.25, 0.3) is 5.91 Å². The van der Waals surface area contributed by atoms with Gasteiger partial charge in [-0.15, -0.1) is 0 Å². The maximum atomic E-state index is 12.2. The van der Waals surface area contributed by atoms with Crippen LogP contribution >= 0.6 is 24.0 Å². The number of carbonyl (C=O) groups is 2. The lowest BCUT2D eigenvalue weighted by Gasteiger charge is -2.26. The van der Waals surface area contributed by atoms with Gasteiger partial charge in [-0.3, -0.25) is 14.5 Å². The van der Waals surface area contributed by atoms with Crippen molar-refractivity contribution in [2.75, 3.05) is 37.7 Å². The molecule has 3 heterocycles. The zero-order valence-electron chi connectivity index (χ0n) is 12.1. The number of morpholine rings is 1. The number of amides is 1. The van der Waals surface area contributed by atoms with Gasteiger partial charge >= 0.3 is 5.97 Å². The number of carboxylic acids is 1. The van der Waals surface area contributed by atoms with E-state index in [4.69, 9.17) is 26.5 Å². The lowest BCUT2D eigenvalue weighted by Crippen LogP contribution is -2.35. The summed E-state index contributed by atoms with van der Waals surface area (Å²) in [6, 6.07) is 3.61. The second-order valence-electron chi connectivity index (χ2n) is 4.94. The van der Waals surface area contributed by atoms with Crippen molar-refractivity contribution in [1.29, 1.82) is 0 Å². The Hall–Kier alpha value is -1.84. The van der Waals surface area contributed by atoms with E-state index in [9.17, 15) is 9.59 Å². The highest BCUT2D eigenvalue weighted by molar-refractivity contribution is 8.26. The molecule has 0 atom stereocenters. The molecule has 122 valence electrons. The Bertz CT molecular complexity index is 678. The fraction of sp³-hybridized carbons (Fsp3) is 0.357. The van der Waals surface area contributed by atoms with Gasteiger partial charge in [-0.2, -0.15) is 0 Å². The molecule has 2 saturated heterocycles. The summed E-state index contributed by atoms with van der Waals surface area (Å²) in [5, 5.41) is 8.82. The largest absolute Gasteiger partial charge is 0.480 e. The van der Waals surface area contributed by atoms with Crippen LogP contribution in [-0.2, 0) is 14.3 Å². The second-order valence-corrected chi connectivity index (χ2v) is 6.61. The van der Waals surface area contributed by atoms with E-state index in [2.05, 4.69) is 4.90 Å². The molecule has 0 bridgehead atoms. The summed E-state index contributed by atoms with van der Waals surface area (Å²) < 4.78 is 11.3. The van der Waals surface area contributed by atoms with Gasteiger partial charge in [0.15, 0.2) is 5.88 Å². The van der Waals surface area contributed by atoms with Crippen LogP contribution in [0.25, 0.3) is 6.08 Å². The first-order valence-corrected chi connectivity index (χ1v) is 8.17. The standard InChI is InChI=1S/C14H14N2O5S2/c17-12(18)8-16-13(19)10(23-14(16)22)7-9-1-2-11(21-9)15-3-5-20-6-4-15/h1-2,7H,3-6,8H2,(H,17,18)/b10-7+. The molecule has 1 aromatic heterocycles. The average molecular weight is 354 g/mol. The molecule has 0 aromatic carbocycles. The number of carbonyl (C=O) groups excluding carboxylic acids is 1. The van der Waals surface area contributed by atoms with Crippen LogP contribution in [0, 0.1) is 0 Å². The number of hydrogen-bond acceptors (Lipinski definition) is 7. The fourth-order valence-corrected chi connectivity index (χ4v) is 3.51. The summed E-state index contributed by atoms with van der Waals surface area (Å²) in [5.41, 5.74) is 0. The van der Waals surface area contributed by atoms with E-state index in [1.807, 2.05) is 6.07 Å². The Morgan fingerprint density at radius 2 is 2.13 bits per heavy atom. The Labute approximate surface area is 141 Å². The zero-order chi connectivity index (χ0) is 16.4. The van der Waals surface area contributed by atoms with E-state index in [1.54, 1.807) is 12.1 Å². The SMILES string of the molecule is O=C(O)CN1C(=O)/C(=C\c2ccc(N3CCOCC3)o2)SC1=S. The number of thioether (sulfide) groups is 1. The van der Waals surface area contributed by atoms with Crippen molar-refractivity contribution in [3.8, 4) is 0 Å². The molecule has 2 fully saturated rings. The highest BCUT2D eigenvalue weighted by Gasteiger charge is 2.33. The van der Waals surface area contributed by atoms with E-state index in [1.165, 1.54) is 0 Å². The van der Waals surface area contributed by atoms with Crippen molar-refractivity contribution in [1.82, 2.24) is 4.90 Å². The van der Waals surface area contributed by atoms with Gasteiger partial charge in [0.1, 0.15) is 16.6 Å². The molecule has 7 nitrogen and oxygen atoms in total. The van der Waals surface area contributed by atoms with Gasteiger partial charge in [0.05, 0.1) is 18.1 Å². The van der Waals surface area contributed by atoms with E-state index in [0.717, 1.165) is 35.6 Å². The molecular formula is C14H14N2O5S2. The van der Waals surface area contributed by atoms with Gasteiger partial charge in [0, 0.05) is 25.2 Å². The Morgan fingerprint density at radius 1 is 1.39 bits per heavy atom. The molecule has 1 amide bonds. The normalized spacial score (nSPS) is 20.6. The molecular weight excluding hydrogens is 340 g/mol. The first-order chi connectivity index (χ1) is 11.0. The maximum Gasteiger partial charge on any atom is 0.323 e. The van der Waals surface area contributed by atoms with Crippen LogP contribution in [0.4, 0.5) is 5.88 Å². The van der Waals surface area contributed by atoms with Crippen LogP contribution in [0.3, 0.4) is 0 Å². The number of aliphatic carboxylic acids is 1. The third kappa shape index (κ3) is 3.57. The predicted molar refractivity (Wildman–Crippen MR) is 89.3 cm³/mol. The van der Waals surface area contributed by atoms with E-state index >= 15 is 0 Å². The predicted octanol–water partition coefficient (Wildman–Crippen LogP) is 1.40. The summed E-state index contributed by atoms with van der Waals surface area (Å²) in [6.07, 6.45) is 1.59. The van der Waals surface area contributed by atoms with E-state index in [-0.39, 0.29) is 4.32 Å². The van der Waals surface area contributed by atoms with Gasteiger partial charge < -0.3 is 19.2 Å². The zero-order valence-corrected chi connectivity index (χ0v) is 13.7. The average Bonchev–Trinajstić information content (AvgIpc) is 3.09. The van der Waals surface area contributed by atoms with Crippen LogP contribution < -0.4 is 4.90 Å². The molecule has 9 heteroatoms. The first kappa shape index (κ1) is 16.0. The summed E-state index contributed by atoms with van der Waals surface area (Å²) in [4.78, 5) is 26.5. The molecule has 1 N–H and O–H groups in total. The van der Waals surface area contributed by atoms with Crippen molar-refractivity contribution in [2.24, 2.45) is 0 Å². The van der Waals surface area contributed by atoms with Crippen molar-refractivity contribution in [3.63, 3.8) is 0 Å². The molecule has 0 radical (unpaired) electrons. The van der Waals surface area contributed by atoms with Gasteiger partial charge in [-0.05, 0) is 6.07 Å². The van der Waals surface area contributed by atoms with Crippen molar-refractivity contribution in [2.45, 2.75) is 0 Å². The third-order valence-electron chi connectivity index (χ3n) is 3.38. The molecule has 1 aromatic rings. The molecule has 0 unspecified atom stereocenters. The van der Waals surface area contributed by atoms with Crippen molar-refractivity contribution >= 4 is 52.1 Å². The first-order valence-electron chi connectivity index (χ1n) is 6.94. The van der Waals surface area contributed by atoms with E-state index < -0.39 is 18.4 Å². The smallest absolute Gasteiger partial charge is 0.323 e. The minimum absolute atomic E-state index is 0.239. The molecule has 0 aliphatic carbocycles. The monoisotopic (exact) mass is 354 g/mol. The van der Waals surface area contributed by atoms with Gasteiger partial charge in [-0.25, -0.2) is 0 Å². The highest BCUT2D eigenvalue weighted by atomic mass is 32.2. The highest BCUT2D eigenvalue weighted by Crippen LogP contribution is 2.33. The summed E-state index contributed by atoms with van der Waals surface area (Å²) in [5.74, 6) is -0.259. The third-order valence-corrected chi connectivity index (χ3v) is 4.75. The van der Waals surface area contributed by atoms with E-state index in [0.29, 0.717) is 23.9 Å². The van der Waals surface area contributed by atoms with Crippen molar-refractivity contribution < 1.29 is 23.8 Å². The van der Waals surface area contributed by atoms with Crippen molar-refractivity contribution in [3.05, 3.63) is 22.8 Å². The van der Waals surface area contributed by atoms with Gasteiger partial charge in [-0.1, -0.05) is 24.0 Å². The molecule has 2 aliphatic rings. The number of rotatable bonds is 4. The molecule has 0 saturated carbocycles. The lowest BCUT2D eigenvalue weighted by molar-refractivity contribution is -0.140. The molecule has 0 spiro atoms. The molecule has 23 heavy (non-hydrogen) atoms. The number of nitrogens with zero attached hydrogens (tertiary/aromatic N) is 2. The molecule has 3 rings (SSSR count). The van der Waals surface area contributed by atoms with Crippen LogP contribution in [-0.4, -0.2) is 59.1 Å². The topological polar surface area (TPSA) is 83.2 Å². The Balaban J connectivity index is 1.74. The quantitative estimate of drug-likeness (QED) is 0.642. The number of furan rings is 1. The summed E-state index contributed by atoms with van der Waals surface area (Å²) in [7, 11) is 0. The molecule has 2 aliphatic heterocycles.